The molecular weight excluding hydrogens is 372 g/mol. The van der Waals surface area contributed by atoms with E-state index in [9.17, 15) is 9.59 Å². The van der Waals surface area contributed by atoms with Gasteiger partial charge in [0.05, 0.1) is 23.1 Å². The Kier molecular flexibility index (Phi) is 5.32. The Balaban J connectivity index is 1.42. The zero-order valence-electron chi connectivity index (χ0n) is 16.2. The summed E-state index contributed by atoms with van der Waals surface area (Å²) in [6.45, 7) is 4.06. The van der Waals surface area contributed by atoms with Crippen LogP contribution in [0.5, 0.6) is 0 Å². The van der Waals surface area contributed by atoms with E-state index in [0.29, 0.717) is 38.2 Å². The summed E-state index contributed by atoms with van der Waals surface area (Å²) in [6.07, 6.45) is 3.75. The molecule has 0 bridgehead atoms. The first kappa shape index (κ1) is 18.8. The highest BCUT2D eigenvalue weighted by molar-refractivity contribution is 5.95. The van der Waals surface area contributed by atoms with Crippen molar-refractivity contribution in [3.05, 3.63) is 54.1 Å². The molecule has 1 aliphatic heterocycles. The van der Waals surface area contributed by atoms with Crippen LogP contribution in [-0.2, 0) is 17.8 Å². The number of hydrogen-bond acceptors (Lipinski definition) is 6. The van der Waals surface area contributed by atoms with Crippen molar-refractivity contribution in [2.24, 2.45) is 0 Å². The van der Waals surface area contributed by atoms with Gasteiger partial charge in [-0.25, -0.2) is 9.36 Å². The molecule has 0 spiro atoms. The third kappa shape index (κ3) is 3.86. The maximum atomic E-state index is 13.1. The van der Waals surface area contributed by atoms with E-state index in [1.807, 2.05) is 41.9 Å². The molecule has 0 aliphatic carbocycles. The molecule has 4 rings (SSSR count). The second kappa shape index (κ2) is 8.21. The Bertz CT molecular complexity index is 975. The standard InChI is InChI=1S/C19H22N8O2/c1-2-17-16(12-21-27(17)15-6-4-3-5-7-15)19(29)25-10-8-24(9-11-25)18(28)13-26-14-20-22-23-26/h3-7,12,14H,2,8-11,13H2,1H3. The molecule has 0 atom stereocenters. The monoisotopic (exact) mass is 394 g/mol. The van der Waals surface area contributed by atoms with Gasteiger partial charge in [-0.15, -0.1) is 5.10 Å². The summed E-state index contributed by atoms with van der Waals surface area (Å²) in [7, 11) is 0. The number of nitrogens with zero attached hydrogens (tertiary/aromatic N) is 8. The largest absolute Gasteiger partial charge is 0.338 e. The summed E-state index contributed by atoms with van der Waals surface area (Å²) in [5.41, 5.74) is 2.43. The lowest BCUT2D eigenvalue weighted by atomic mass is 10.1. The van der Waals surface area contributed by atoms with E-state index in [1.54, 1.807) is 16.0 Å². The minimum Gasteiger partial charge on any atom is -0.338 e. The highest BCUT2D eigenvalue weighted by atomic mass is 16.2. The molecular formula is C19H22N8O2. The van der Waals surface area contributed by atoms with Gasteiger partial charge in [-0.3, -0.25) is 9.59 Å². The number of amides is 2. The number of benzene rings is 1. The summed E-state index contributed by atoms with van der Waals surface area (Å²) in [6, 6.07) is 9.78. The van der Waals surface area contributed by atoms with Crippen molar-refractivity contribution in [2.45, 2.75) is 19.9 Å². The molecule has 0 unspecified atom stereocenters. The molecule has 0 radical (unpaired) electrons. The summed E-state index contributed by atoms with van der Waals surface area (Å²) >= 11 is 0. The van der Waals surface area contributed by atoms with Gasteiger partial charge in [0.2, 0.25) is 5.91 Å². The van der Waals surface area contributed by atoms with E-state index in [1.165, 1.54) is 11.0 Å². The third-order valence-corrected chi connectivity index (χ3v) is 5.04. The molecule has 2 aromatic heterocycles. The highest BCUT2D eigenvalue weighted by Crippen LogP contribution is 2.18. The molecule has 2 amide bonds. The second-order valence-electron chi connectivity index (χ2n) is 6.79. The van der Waals surface area contributed by atoms with Gasteiger partial charge >= 0.3 is 0 Å². The molecule has 0 saturated carbocycles. The van der Waals surface area contributed by atoms with E-state index in [4.69, 9.17) is 0 Å². The zero-order chi connectivity index (χ0) is 20.2. The first-order valence-electron chi connectivity index (χ1n) is 9.57. The van der Waals surface area contributed by atoms with Gasteiger partial charge in [0.1, 0.15) is 12.9 Å². The Morgan fingerprint density at radius 3 is 2.41 bits per heavy atom. The molecule has 10 heteroatoms. The van der Waals surface area contributed by atoms with Crippen molar-refractivity contribution in [1.82, 2.24) is 39.8 Å². The number of rotatable bonds is 5. The fourth-order valence-electron chi connectivity index (χ4n) is 3.50. The molecule has 1 saturated heterocycles. The van der Waals surface area contributed by atoms with Gasteiger partial charge < -0.3 is 9.80 Å². The lowest BCUT2D eigenvalue weighted by molar-refractivity contribution is -0.133. The molecule has 1 fully saturated rings. The quantitative estimate of drug-likeness (QED) is 0.621. The minimum absolute atomic E-state index is 0.0448. The minimum atomic E-state index is -0.0597. The molecule has 3 heterocycles. The molecule has 1 aliphatic rings. The number of carbonyl (C=O) groups excluding carboxylic acids is 2. The number of tetrazole rings is 1. The normalized spacial score (nSPS) is 14.2. The fraction of sp³-hybridized carbons (Fsp3) is 0.368. The van der Waals surface area contributed by atoms with E-state index < -0.39 is 0 Å². The smallest absolute Gasteiger partial charge is 0.257 e. The Morgan fingerprint density at radius 1 is 1.03 bits per heavy atom. The first-order chi connectivity index (χ1) is 14.2. The third-order valence-electron chi connectivity index (χ3n) is 5.04. The number of para-hydroxylation sites is 1. The first-order valence-corrected chi connectivity index (χ1v) is 9.57. The van der Waals surface area contributed by atoms with Crippen LogP contribution in [0.3, 0.4) is 0 Å². The predicted octanol–water partition coefficient (Wildman–Crippen LogP) is 0.406. The van der Waals surface area contributed by atoms with Gasteiger partial charge in [0.25, 0.3) is 5.91 Å². The van der Waals surface area contributed by atoms with Crippen molar-refractivity contribution < 1.29 is 9.59 Å². The molecule has 1 aromatic carbocycles. The number of piperazine rings is 1. The van der Waals surface area contributed by atoms with E-state index in [2.05, 4.69) is 20.6 Å². The molecule has 150 valence electrons. The van der Waals surface area contributed by atoms with E-state index in [0.717, 1.165) is 11.4 Å². The van der Waals surface area contributed by atoms with Crippen molar-refractivity contribution >= 4 is 11.8 Å². The fourth-order valence-corrected chi connectivity index (χ4v) is 3.50. The summed E-state index contributed by atoms with van der Waals surface area (Å²) in [4.78, 5) is 29.0. The van der Waals surface area contributed by atoms with Crippen LogP contribution in [0.4, 0.5) is 0 Å². The Hall–Kier alpha value is -3.56. The number of carbonyl (C=O) groups is 2. The molecule has 29 heavy (non-hydrogen) atoms. The van der Waals surface area contributed by atoms with Crippen molar-refractivity contribution in [1.29, 1.82) is 0 Å². The average Bonchev–Trinajstić information content (AvgIpc) is 3.43. The molecule has 0 N–H and O–H groups in total. The maximum absolute atomic E-state index is 13.1. The van der Waals surface area contributed by atoms with Crippen LogP contribution in [0.2, 0.25) is 0 Å². The van der Waals surface area contributed by atoms with Crippen LogP contribution in [0.25, 0.3) is 5.69 Å². The number of aromatic nitrogens is 6. The zero-order valence-corrected chi connectivity index (χ0v) is 16.2. The van der Waals surface area contributed by atoms with Crippen LogP contribution in [-0.4, -0.2) is 77.8 Å². The molecule has 10 nitrogen and oxygen atoms in total. The Labute approximate surface area is 167 Å². The highest BCUT2D eigenvalue weighted by Gasteiger charge is 2.27. The van der Waals surface area contributed by atoms with Crippen LogP contribution in [0.15, 0.2) is 42.9 Å². The van der Waals surface area contributed by atoms with Gasteiger partial charge in [0.15, 0.2) is 0 Å². The summed E-state index contributed by atoms with van der Waals surface area (Å²) in [5.74, 6) is -0.104. The maximum Gasteiger partial charge on any atom is 0.257 e. The van der Waals surface area contributed by atoms with Crippen LogP contribution >= 0.6 is 0 Å². The van der Waals surface area contributed by atoms with Crippen LogP contribution in [0, 0.1) is 0 Å². The van der Waals surface area contributed by atoms with E-state index >= 15 is 0 Å². The lowest BCUT2D eigenvalue weighted by Crippen LogP contribution is -2.51. The van der Waals surface area contributed by atoms with E-state index in [-0.39, 0.29) is 18.4 Å². The van der Waals surface area contributed by atoms with Gasteiger partial charge in [-0.1, -0.05) is 25.1 Å². The van der Waals surface area contributed by atoms with Gasteiger partial charge in [-0.05, 0) is 29.0 Å². The average molecular weight is 394 g/mol. The van der Waals surface area contributed by atoms with Crippen molar-refractivity contribution in [2.75, 3.05) is 26.2 Å². The predicted molar refractivity (Wildman–Crippen MR) is 103 cm³/mol. The van der Waals surface area contributed by atoms with Gasteiger partial charge in [-0.2, -0.15) is 5.10 Å². The topological polar surface area (TPSA) is 102 Å². The lowest BCUT2D eigenvalue weighted by Gasteiger charge is -2.34. The summed E-state index contributed by atoms with van der Waals surface area (Å²) in [5, 5.41) is 15.2. The van der Waals surface area contributed by atoms with Gasteiger partial charge in [0, 0.05) is 26.2 Å². The molecule has 3 aromatic rings. The number of hydrogen-bond donors (Lipinski definition) is 0. The van der Waals surface area contributed by atoms with Crippen molar-refractivity contribution in [3.63, 3.8) is 0 Å². The van der Waals surface area contributed by atoms with Crippen LogP contribution < -0.4 is 0 Å². The SMILES string of the molecule is CCc1c(C(=O)N2CCN(C(=O)Cn3cnnn3)CC2)cnn1-c1ccccc1. The Morgan fingerprint density at radius 2 is 1.76 bits per heavy atom. The van der Waals surface area contributed by atoms with Crippen LogP contribution in [0.1, 0.15) is 23.0 Å². The summed E-state index contributed by atoms with van der Waals surface area (Å²) < 4.78 is 3.21. The second-order valence-corrected chi connectivity index (χ2v) is 6.79. The van der Waals surface area contributed by atoms with Crippen molar-refractivity contribution in [3.8, 4) is 5.69 Å².